The molecule has 1 atom stereocenters. The van der Waals surface area contributed by atoms with Crippen molar-refractivity contribution in [2.45, 2.75) is 5.66 Å². The third-order valence-electron chi connectivity index (χ3n) is 6.56. The summed E-state index contributed by atoms with van der Waals surface area (Å²) in [5.41, 5.74) is -1.12. The number of carbonyl (C=O) groups excluding carboxylic acids is 1. The maximum absolute atomic E-state index is 15.4. The lowest BCUT2D eigenvalue weighted by Crippen LogP contribution is -2.37. The van der Waals surface area contributed by atoms with Gasteiger partial charge in [0.25, 0.3) is 0 Å². The predicted octanol–water partition coefficient (Wildman–Crippen LogP) is 5.86. The van der Waals surface area contributed by atoms with Crippen LogP contribution in [0.1, 0.15) is 10.6 Å². The van der Waals surface area contributed by atoms with E-state index in [1.807, 2.05) is 97.1 Å². The van der Waals surface area contributed by atoms with Gasteiger partial charge in [0.05, 0.1) is 11.9 Å². The van der Waals surface area contributed by atoms with Crippen LogP contribution in [0.25, 0.3) is 0 Å². The quantitative estimate of drug-likeness (QED) is 0.179. The molecule has 5 rings (SSSR count). The molecule has 6 heteroatoms. The third kappa shape index (κ3) is 4.83. The highest BCUT2D eigenvalue weighted by Gasteiger charge is 2.47. The number of carbonyl (C=O) groups is 1. The van der Waals surface area contributed by atoms with Crippen LogP contribution in [0.2, 0.25) is 0 Å². The Labute approximate surface area is 216 Å². The number of ketones is 1. The van der Waals surface area contributed by atoms with Gasteiger partial charge in [0.15, 0.2) is 12.9 Å². The van der Waals surface area contributed by atoms with E-state index in [0.29, 0.717) is 21.2 Å². The van der Waals surface area contributed by atoms with Crippen LogP contribution in [0.5, 0.6) is 0 Å². The van der Waals surface area contributed by atoms with Gasteiger partial charge in [0.1, 0.15) is 7.14 Å². The minimum absolute atomic E-state index is 0.102. The molecule has 0 bridgehead atoms. The molecule has 4 nitrogen and oxygen atoms in total. The van der Waals surface area contributed by atoms with Crippen LogP contribution in [0.3, 0.4) is 0 Å². The van der Waals surface area contributed by atoms with Crippen molar-refractivity contribution in [3.8, 4) is 0 Å². The molecule has 0 saturated heterocycles. The zero-order valence-corrected chi connectivity index (χ0v) is 21.9. The Bertz CT molecular complexity index is 1460. The van der Waals surface area contributed by atoms with E-state index in [4.69, 9.17) is 4.42 Å². The highest BCUT2D eigenvalue weighted by molar-refractivity contribution is 7.83. The maximum atomic E-state index is 15.4. The summed E-state index contributed by atoms with van der Waals surface area (Å²) in [5.74, 6) is -0.321. The van der Waals surface area contributed by atoms with Crippen LogP contribution in [0.4, 0.5) is 0 Å². The largest absolute Gasteiger partial charge is 0.461 e. The summed E-state index contributed by atoms with van der Waals surface area (Å²) in [6, 6.07) is 39.6. The molecule has 0 aliphatic heterocycles. The summed E-state index contributed by atoms with van der Waals surface area (Å²) < 4.78 is 36.0. The van der Waals surface area contributed by atoms with Crippen molar-refractivity contribution in [1.29, 1.82) is 0 Å². The molecule has 0 amide bonds. The lowest BCUT2D eigenvalue weighted by Gasteiger charge is -2.31. The van der Waals surface area contributed by atoms with Crippen molar-refractivity contribution >= 4 is 41.3 Å². The van der Waals surface area contributed by atoms with E-state index >= 15 is 9.13 Å². The summed E-state index contributed by atoms with van der Waals surface area (Å²) in [5, 5.41) is 2.31. The molecule has 4 aromatic carbocycles. The number of benzene rings is 4. The van der Waals surface area contributed by atoms with Gasteiger partial charge in [-0.25, -0.2) is 0 Å². The van der Waals surface area contributed by atoms with Gasteiger partial charge < -0.3 is 13.5 Å². The first-order valence-corrected chi connectivity index (χ1v) is 15.7. The Morgan fingerprint density at radius 1 is 0.568 bits per heavy atom. The molecule has 0 aliphatic rings. The maximum Gasteiger partial charge on any atom is 0.209 e. The Morgan fingerprint density at radius 3 is 1.35 bits per heavy atom. The van der Waals surface area contributed by atoms with Crippen LogP contribution in [-0.2, 0) is 9.13 Å². The highest BCUT2D eigenvalue weighted by Crippen LogP contribution is 2.56. The van der Waals surface area contributed by atoms with Crippen molar-refractivity contribution in [2.24, 2.45) is 0 Å². The van der Waals surface area contributed by atoms with E-state index in [9.17, 15) is 4.79 Å². The number of rotatable bonds is 9. The van der Waals surface area contributed by atoms with E-state index in [2.05, 4.69) is 0 Å². The Kier molecular flexibility index (Phi) is 7.24. The zero-order valence-electron chi connectivity index (χ0n) is 20.1. The van der Waals surface area contributed by atoms with Crippen molar-refractivity contribution in [1.82, 2.24) is 0 Å². The molecule has 1 aromatic heterocycles. The second-order valence-electron chi connectivity index (χ2n) is 8.78. The van der Waals surface area contributed by atoms with E-state index in [-0.39, 0.29) is 11.9 Å². The SMILES string of the molecule is O=C(c1ccco1)C(CP(=O)(c1ccccc1)c1ccccc1)P(=O)(c1ccccc1)c1ccccc1. The van der Waals surface area contributed by atoms with E-state index in [1.54, 1.807) is 36.4 Å². The van der Waals surface area contributed by atoms with Gasteiger partial charge in [-0.2, -0.15) is 0 Å². The Balaban J connectivity index is 1.77. The van der Waals surface area contributed by atoms with Crippen LogP contribution in [0.15, 0.2) is 144 Å². The smallest absolute Gasteiger partial charge is 0.209 e. The molecule has 0 radical (unpaired) electrons. The van der Waals surface area contributed by atoms with Gasteiger partial charge in [-0.3, -0.25) is 4.79 Å². The fourth-order valence-corrected chi connectivity index (χ4v) is 11.7. The molecule has 0 saturated carbocycles. The Morgan fingerprint density at radius 2 is 0.973 bits per heavy atom. The average Bonchev–Trinajstić information content (AvgIpc) is 3.52. The van der Waals surface area contributed by atoms with Crippen molar-refractivity contribution in [2.75, 3.05) is 6.16 Å². The average molecular weight is 524 g/mol. The lowest BCUT2D eigenvalue weighted by molar-refractivity contribution is 0.0965. The summed E-state index contributed by atoms with van der Waals surface area (Å²) in [4.78, 5) is 14.2. The van der Waals surface area contributed by atoms with Crippen LogP contribution in [-0.4, -0.2) is 17.6 Å². The molecule has 0 aliphatic carbocycles. The molecule has 5 aromatic rings. The van der Waals surface area contributed by atoms with Crippen LogP contribution < -0.4 is 21.2 Å². The highest BCUT2D eigenvalue weighted by atomic mass is 31.2. The number of hydrogen-bond acceptors (Lipinski definition) is 4. The molecule has 37 heavy (non-hydrogen) atoms. The normalized spacial score (nSPS) is 12.6. The van der Waals surface area contributed by atoms with Crippen molar-refractivity contribution in [3.63, 3.8) is 0 Å². The van der Waals surface area contributed by atoms with Gasteiger partial charge in [-0.1, -0.05) is 121 Å². The molecular weight excluding hydrogens is 498 g/mol. The van der Waals surface area contributed by atoms with E-state index in [1.165, 1.54) is 6.26 Å². The molecule has 0 fully saturated rings. The Hall–Kier alpha value is -3.71. The number of Topliss-reactive ketones (excluding diaryl/α,β-unsaturated/α-hetero) is 1. The summed E-state index contributed by atoms with van der Waals surface area (Å²) in [6.07, 6.45) is 1.32. The van der Waals surface area contributed by atoms with Gasteiger partial charge in [-0.15, -0.1) is 0 Å². The number of furan rings is 1. The first-order chi connectivity index (χ1) is 18.0. The van der Waals surface area contributed by atoms with E-state index < -0.39 is 25.7 Å². The topological polar surface area (TPSA) is 64.3 Å². The standard InChI is InChI=1S/C31H26O4P2/c32-31(29-22-13-23-35-29)30(37(34,27-18-9-3-10-19-27)28-20-11-4-12-21-28)24-36(33,25-14-5-1-6-15-25)26-16-7-2-8-17-26/h1-23,30H,24H2. The van der Waals surface area contributed by atoms with Gasteiger partial charge >= 0.3 is 0 Å². The first-order valence-electron chi connectivity index (χ1n) is 12.0. The monoisotopic (exact) mass is 524 g/mol. The van der Waals surface area contributed by atoms with Gasteiger partial charge in [0.2, 0.25) is 5.78 Å². The second kappa shape index (κ2) is 10.7. The fourth-order valence-electron chi connectivity index (χ4n) is 4.69. The minimum atomic E-state index is -3.65. The fraction of sp³-hybridized carbons (Fsp3) is 0.0645. The van der Waals surface area contributed by atoms with Gasteiger partial charge in [0, 0.05) is 27.4 Å². The van der Waals surface area contributed by atoms with E-state index in [0.717, 1.165) is 0 Å². The summed E-state index contributed by atoms with van der Waals surface area (Å²) in [7, 11) is -7.06. The van der Waals surface area contributed by atoms with Crippen molar-refractivity contribution in [3.05, 3.63) is 145 Å². The summed E-state index contributed by atoms with van der Waals surface area (Å²) >= 11 is 0. The lowest BCUT2D eigenvalue weighted by atomic mass is 10.2. The zero-order chi connectivity index (χ0) is 25.7. The van der Waals surface area contributed by atoms with Gasteiger partial charge in [-0.05, 0) is 12.1 Å². The molecular formula is C31H26O4P2. The minimum Gasteiger partial charge on any atom is -0.461 e. The van der Waals surface area contributed by atoms with Crippen LogP contribution in [0, 0.1) is 0 Å². The molecule has 0 N–H and O–H groups in total. The number of hydrogen-bond donors (Lipinski definition) is 0. The van der Waals surface area contributed by atoms with Crippen molar-refractivity contribution < 1.29 is 18.3 Å². The summed E-state index contributed by atoms with van der Waals surface area (Å²) in [6.45, 7) is 0. The second-order valence-corrected chi connectivity index (χ2v) is 14.6. The molecule has 184 valence electrons. The first kappa shape index (κ1) is 25.0. The molecule has 1 unspecified atom stereocenters. The molecule has 1 heterocycles. The van der Waals surface area contributed by atoms with Crippen LogP contribution >= 0.6 is 14.3 Å². The predicted molar refractivity (Wildman–Crippen MR) is 151 cm³/mol. The third-order valence-corrected chi connectivity index (χ3v) is 13.4. The molecule has 0 spiro atoms.